The molecule has 0 aliphatic heterocycles. The highest BCUT2D eigenvalue weighted by molar-refractivity contribution is 7.14. The molecule has 1 aromatic rings. The summed E-state index contributed by atoms with van der Waals surface area (Å²) in [5.41, 5.74) is 0. The van der Waals surface area contributed by atoms with Gasteiger partial charge in [0.2, 0.25) is 0 Å². The van der Waals surface area contributed by atoms with Gasteiger partial charge in [0, 0.05) is 7.05 Å². The summed E-state index contributed by atoms with van der Waals surface area (Å²) in [6, 6.07) is 3.80. The number of carboxylic acid groups (broad SMARTS) is 1. The molecule has 0 aliphatic carbocycles. The van der Waals surface area contributed by atoms with Crippen molar-refractivity contribution in [1.29, 1.82) is 0 Å². The molecule has 68 valence electrons. The van der Waals surface area contributed by atoms with Crippen molar-refractivity contribution >= 4 is 34.7 Å². The van der Waals surface area contributed by atoms with E-state index in [9.17, 15) is 4.79 Å². The summed E-state index contributed by atoms with van der Waals surface area (Å²) in [5.74, 6) is -0.805. The lowest BCUT2D eigenvalue weighted by atomic mass is 10.5. The molecule has 0 saturated carbocycles. The van der Waals surface area contributed by atoms with Crippen molar-refractivity contribution in [2.45, 2.75) is 0 Å². The van der Waals surface area contributed by atoms with E-state index in [-0.39, 0.29) is 19.0 Å². The maximum Gasteiger partial charge on any atom is 0.323 e. The van der Waals surface area contributed by atoms with Gasteiger partial charge in [-0.25, -0.2) is 0 Å². The summed E-state index contributed by atoms with van der Waals surface area (Å²) in [7, 11) is 1.76. The predicted molar refractivity (Wildman–Crippen MR) is 52.5 cm³/mol. The summed E-state index contributed by atoms with van der Waals surface area (Å²) in [4.78, 5) is 12.0. The second kappa shape index (κ2) is 5.00. The number of nitrogens with zero attached hydrogens (tertiary/aromatic N) is 1. The molecule has 0 bridgehead atoms. The van der Waals surface area contributed by atoms with E-state index in [0.717, 1.165) is 5.00 Å². The van der Waals surface area contributed by atoms with Crippen LogP contribution in [-0.4, -0.2) is 24.7 Å². The Labute approximate surface area is 81.0 Å². The maximum atomic E-state index is 10.3. The first kappa shape index (κ1) is 11.3. The Morgan fingerprint density at radius 2 is 2.42 bits per heavy atom. The van der Waals surface area contributed by atoms with Crippen molar-refractivity contribution in [1.82, 2.24) is 0 Å². The van der Waals surface area contributed by atoms with Gasteiger partial charge in [-0.15, -0.1) is 23.7 Å². The molecule has 1 heterocycles. The average Bonchev–Trinajstić information content (AvgIpc) is 2.35. The molecule has 5 heteroatoms. The zero-order valence-electron chi connectivity index (χ0n) is 6.56. The van der Waals surface area contributed by atoms with Crippen LogP contribution in [0.2, 0.25) is 0 Å². The van der Waals surface area contributed by atoms with Crippen LogP contribution in [0, 0.1) is 0 Å². The highest BCUT2D eigenvalue weighted by atomic mass is 35.5. The highest BCUT2D eigenvalue weighted by Crippen LogP contribution is 2.18. The van der Waals surface area contributed by atoms with Gasteiger partial charge in [-0.2, -0.15) is 0 Å². The van der Waals surface area contributed by atoms with Crippen LogP contribution in [0.3, 0.4) is 0 Å². The largest absolute Gasteiger partial charge is 0.480 e. The maximum absolute atomic E-state index is 10.3. The number of hydrogen-bond donors (Lipinski definition) is 1. The minimum absolute atomic E-state index is 0. The minimum atomic E-state index is -0.805. The van der Waals surface area contributed by atoms with Crippen molar-refractivity contribution in [3.8, 4) is 0 Å². The van der Waals surface area contributed by atoms with Crippen LogP contribution >= 0.6 is 23.7 Å². The predicted octanol–water partition coefficient (Wildman–Crippen LogP) is 1.69. The molecule has 0 aliphatic rings. The molecular formula is C7H10ClNO2S. The summed E-state index contributed by atoms with van der Waals surface area (Å²) in [5, 5.41) is 11.3. The molecule has 0 atom stereocenters. The molecule has 1 N–H and O–H groups in total. The number of thiophene rings is 1. The van der Waals surface area contributed by atoms with Crippen LogP contribution in [0.5, 0.6) is 0 Å². The van der Waals surface area contributed by atoms with Crippen LogP contribution in [0.1, 0.15) is 0 Å². The monoisotopic (exact) mass is 207 g/mol. The van der Waals surface area contributed by atoms with E-state index in [4.69, 9.17) is 5.11 Å². The van der Waals surface area contributed by atoms with Crippen LogP contribution in [0.4, 0.5) is 5.00 Å². The van der Waals surface area contributed by atoms with E-state index in [1.54, 1.807) is 11.9 Å². The standard InChI is InChI=1S/C7H9NO2S.ClH/c1-8(5-7(9)10)6-3-2-4-11-6;/h2-4H,5H2,1H3,(H,9,10);1H. The van der Waals surface area contributed by atoms with Crippen LogP contribution in [-0.2, 0) is 4.79 Å². The second-order valence-corrected chi connectivity index (χ2v) is 3.13. The molecule has 0 unspecified atom stereocenters. The Kier molecular flexibility index (Phi) is 4.70. The average molecular weight is 208 g/mol. The summed E-state index contributed by atoms with van der Waals surface area (Å²) >= 11 is 1.54. The molecule has 12 heavy (non-hydrogen) atoms. The van der Waals surface area contributed by atoms with E-state index < -0.39 is 5.97 Å². The van der Waals surface area contributed by atoms with Gasteiger partial charge in [0.15, 0.2) is 0 Å². The summed E-state index contributed by atoms with van der Waals surface area (Å²) in [6.45, 7) is 0.0561. The number of aliphatic carboxylic acids is 1. The number of carbonyl (C=O) groups is 1. The quantitative estimate of drug-likeness (QED) is 0.820. The molecule has 1 aromatic heterocycles. The minimum Gasteiger partial charge on any atom is -0.480 e. The Bertz CT molecular complexity index is 238. The SMILES string of the molecule is CN(CC(=O)O)c1cccs1.Cl. The first-order valence-electron chi connectivity index (χ1n) is 3.16. The van der Waals surface area contributed by atoms with Gasteiger partial charge in [-0.1, -0.05) is 0 Å². The fraction of sp³-hybridized carbons (Fsp3) is 0.286. The fourth-order valence-corrected chi connectivity index (χ4v) is 1.47. The van der Waals surface area contributed by atoms with Gasteiger partial charge >= 0.3 is 5.97 Å². The number of rotatable bonds is 3. The van der Waals surface area contributed by atoms with E-state index in [2.05, 4.69) is 0 Å². The molecule has 1 rings (SSSR count). The summed E-state index contributed by atoms with van der Waals surface area (Å²) in [6.07, 6.45) is 0. The Morgan fingerprint density at radius 1 is 1.75 bits per heavy atom. The Balaban J connectivity index is 0.00000121. The Morgan fingerprint density at radius 3 is 2.83 bits per heavy atom. The van der Waals surface area contributed by atoms with Gasteiger partial charge in [-0.05, 0) is 17.5 Å². The zero-order valence-corrected chi connectivity index (χ0v) is 8.19. The van der Waals surface area contributed by atoms with Crippen LogP contribution in [0.15, 0.2) is 17.5 Å². The van der Waals surface area contributed by atoms with Crippen LogP contribution in [0.25, 0.3) is 0 Å². The van der Waals surface area contributed by atoms with Crippen molar-refractivity contribution < 1.29 is 9.90 Å². The van der Waals surface area contributed by atoms with Crippen molar-refractivity contribution in [3.05, 3.63) is 17.5 Å². The van der Waals surface area contributed by atoms with Crippen molar-refractivity contribution in [3.63, 3.8) is 0 Å². The lowest BCUT2D eigenvalue weighted by Gasteiger charge is -2.12. The first-order valence-corrected chi connectivity index (χ1v) is 4.04. The van der Waals surface area contributed by atoms with Gasteiger partial charge in [0.1, 0.15) is 6.54 Å². The lowest BCUT2D eigenvalue weighted by Crippen LogP contribution is -2.24. The molecule has 0 amide bonds. The first-order chi connectivity index (χ1) is 5.20. The van der Waals surface area contributed by atoms with E-state index in [1.165, 1.54) is 11.3 Å². The smallest absolute Gasteiger partial charge is 0.323 e. The highest BCUT2D eigenvalue weighted by Gasteiger charge is 2.04. The number of halogens is 1. The molecule has 0 radical (unpaired) electrons. The fourth-order valence-electron chi connectivity index (χ4n) is 0.768. The number of carboxylic acids is 1. The van der Waals surface area contributed by atoms with Crippen molar-refractivity contribution in [2.24, 2.45) is 0 Å². The molecule has 0 spiro atoms. The number of hydrogen-bond acceptors (Lipinski definition) is 3. The molecule has 0 fully saturated rings. The molecule has 0 saturated heterocycles. The normalized spacial score (nSPS) is 8.75. The second-order valence-electron chi connectivity index (χ2n) is 2.20. The van der Waals surface area contributed by atoms with Gasteiger partial charge < -0.3 is 10.0 Å². The van der Waals surface area contributed by atoms with E-state index in [1.807, 2.05) is 17.5 Å². The third-order valence-electron chi connectivity index (χ3n) is 1.25. The number of likely N-dealkylation sites (N-methyl/N-ethyl adjacent to an activating group) is 1. The van der Waals surface area contributed by atoms with E-state index in [0.29, 0.717) is 0 Å². The van der Waals surface area contributed by atoms with Crippen LogP contribution < -0.4 is 4.90 Å². The van der Waals surface area contributed by atoms with Crippen molar-refractivity contribution in [2.75, 3.05) is 18.5 Å². The number of anilines is 1. The molecule has 3 nitrogen and oxygen atoms in total. The topological polar surface area (TPSA) is 40.5 Å². The zero-order chi connectivity index (χ0) is 8.27. The van der Waals surface area contributed by atoms with Gasteiger partial charge in [0.05, 0.1) is 5.00 Å². The van der Waals surface area contributed by atoms with Gasteiger partial charge in [0.25, 0.3) is 0 Å². The van der Waals surface area contributed by atoms with Gasteiger partial charge in [-0.3, -0.25) is 4.79 Å². The third kappa shape index (κ3) is 3.11. The third-order valence-corrected chi connectivity index (χ3v) is 2.24. The molecule has 0 aromatic carbocycles. The Hall–Kier alpha value is -0.740. The lowest BCUT2D eigenvalue weighted by molar-refractivity contribution is -0.135. The molecular weight excluding hydrogens is 198 g/mol. The van der Waals surface area contributed by atoms with E-state index >= 15 is 0 Å². The summed E-state index contributed by atoms with van der Waals surface area (Å²) < 4.78 is 0.